The van der Waals surface area contributed by atoms with E-state index in [0.29, 0.717) is 5.92 Å². The Morgan fingerprint density at radius 1 is 1.54 bits per heavy atom. The van der Waals surface area contributed by atoms with Gasteiger partial charge in [-0.05, 0) is 19.3 Å². The van der Waals surface area contributed by atoms with E-state index >= 15 is 0 Å². The summed E-state index contributed by atoms with van der Waals surface area (Å²) in [6.45, 7) is 5.12. The van der Waals surface area contributed by atoms with Gasteiger partial charge < -0.3 is 10.4 Å². The highest BCUT2D eigenvalue weighted by molar-refractivity contribution is 7.15. The Morgan fingerprint density at radius 3 is 2.85 bits per heavy atom. The van der Waals surface area contributed by atoms with Gasteiger partial charge in [-0.3, -0.25) is 0 Å². The molecule has 0 aliphatic heterocycles. The minimum absolute atomic E-state index is 0.248. The van der Waals surface area contributed by atoms with E-state index in [4.69, 9.17) is 5.11 Å². The highest BCUT2D eigenvalue weighted by Crippen LogP contribution is 2.14. The molecule has 0 saturated carbocycles. The number of hydrogen-bond acceptors (Lipinski definition) is 5. The Hall–Kier alpha value is -0.680. The van der Waals surface area contributed by atoms with Gasteiger partial charge in [0.1, 0.15) is 5.01 Å². The van der Waals surface area contributed by atoms with Gasteiger partial charge in [0.15, 0.2) is 0 Å². The number of aryl methyl sites for hydroxylation is 1. The van der Waals surface area contributed by atoms with Crippen LogP contribution >= 0.6 is 11.3 Å². The van der Waals surface area contributed by atoms with Crippen LogP contribution in [0.3, 0.4) is 0 Å². The Balaban J connectivity index is 2.26. The quantitative estimate of drug-likeness (QED) is 0.753. The third-order valence-corrected chi connectivity index (χ3v) is 2.55. The molecule has 5 heteroatoms. The van der Waals surface area contributed by atoms with Gasteiger partial charge in [0.25, 0.3) is 0 Å². The van der Waals surface area contributed by atoms with Gasteiger partial charge in [0, 0.05) is 13.2 Å². The van der Waals surface area contributed by atoms with Crippen LogP contribution in [0.15, 0.2) is 0 Å². The number of nitrogens with zero attached hydrogens (tertiary/aromatic N) is 2. The van der Waals surface area contributed by atoms with Gasteiger partial charge in [-0.2, -0.15) is 0 Å². The third kappa shape index (κ3) is 3.69. The van der Waals surface area contributed by atoms with Crippen molar-refractivity contribution in [3.05, 3.63) is 5.01 Å². The second-order valence-electron chi connectivity index (χ2n) is 3.12. The second kappa shape index (κ2) is 5.14. The molecule has 0 aromatic carbocycles. The molecule has 74 valence electrons. The maximum Gasteiger partial charge on any atom is 0.205 e. The molecule has 0 amide bonds. The molecule has 1 unspecified atom stereocenters. The summed E-state index contributed by atoms with van der Waals surface area (Å²) in [6, 6.07) is 0. The number of hydrogen-bond donors (Lipinski definition) is 2. The average molecular weight is 201 g/mol. The van der Waals surface area contributed by atoms with Crippen LogP contribution in [-0.4, -0.2) is 28.5 Å². The van der Waals surface area contributed by atoms with E-state index in [-0.39, 0.29) is 6.61 Å². The highest BCUT2D eigenvalue weighted by atomic mass is 32.1. The molecule has 1 atom stereocenters. The van der Waals surface area contributed by atoms with Crippen LogP contribution in [0.5, 0.6) is 0 Å². The fourth-order valence-electron chi connectivity index (χ4n) is 0.952. The zero-order chi connectivity index (χ0) is 9.68. The van der Waals surface area contributed by atoms with Gasteiger partial charge in [-0.15, -0.1) is 10.2 Å². The first-order chi connectivity index (χ1) is 6.22. The van der Waals surface area contributed by atoms with Gasteiger partial charge in [-0.25, -0.2) is 0 Å². The van der Waals surface area contributed by atoms with Crippen molar-refractivity contribution in [3.63, 3.8) is 0 Å². The van der Waals surface area contributed by atoms with Crippen LogP contribution in [0.25, 0.3) is 0 Å². The Morgan fingerprint density at radius 2 is 2.31 bits per heavy atom. The minimum Gasteiger partial charge on any atom is -0.396 e. The fourth-order valence-corrected chi connectivity index (χ4v) is 1.55. The van der Waals surface area contributed by atoms with E-state index in [1.165, 1.54) is 0 Å². The van der Waals surface area contributed by atoms with Gasteiger partial charge >= 0.3 is 0 Å². The van der Waals surface area contributed by atoms with Crippen molar-refractivity contribution in [3.8, 4) is 0 Å². The Labute approximate surface area is 82.0 Å². The van der Waals surface area contributed by atoms with Crippen LogP contribution in [0.4, 0.5) is 5.13 Å². The molecule has 0 saturated heterocycles. The molecule has 0 aliphatic rings. The maximum atomic E-state index is 8.68. The number of aliphatic hydroxyl groups is 1. The number of aromatic nitrogens is 2. The van der Waals surface area contributed by atoms with Crippen molar-refractivity contribution in [2.24, 2.45) is 5.92 Å². The summed E-state index contributed by atoms with van der Waals surface area (Å²) in [5.41, 5.74) is 0. The van der Waals surface area contributed by atoms with Crippen molar-refractivity contribution in [1.82, 2.24) is 10.2 Å². The molecule has 1 aromatic heterocycles. The van der Waals surface area contributed by atoms with Gasteiger partial charge in [0.2, 0.25) is 5.13 Å². The lowest BCUT2D eigenvalue weighted by molar-refractivity contribution is 0.266. The van der Waals surface area contributed by atoms with Gasteiger partial charge in [0.05, 0.1) is 0 Å². The highest BCUT2D eigenvalue weighted by Gasteiger charge is 2.03. The molecule has 1 heterocycles. The van der Waals surface area contributed by atoms with Crippen molar-refractivity contribution < 1.29 is 5.11 Å². The molecule has 0 spiro atoms. The molecule has 13 heavy (non-hydrogen) atoms. The molecular formula is C8H15N3OS. The van der Waals surface area contributed by atoms with Crippen LogP contribution in [0.1, 0.15) is 18.4 Å². The zero-order valence-corrected chi connectivity index (χ0v) is 8.77. The largest absolute Gasteiger partial charge is 0.396 e. The normalized spacial score (nSPS) is 12.8. The van der Waals surface area contributed by atoms with Gasteiger partial charge in [-0.1, -0.05) is 18.3 Å². The molecule has 2 N–H and O–H groups in total. The van der Waals surface area contributed by atoms with Crippen molar-refractivity contribution >= 4 is 16.5 Å². The molecule has 4 nitrogen and oxygen atoms in total. The van der Waals surface area contributed by atoms with Crippen LogP contribution in [0.2, 0.25) is 0 Å². The van der Waals surface area contributed by atoms with Crippen LogP contribution in [-0.2, 0) is 0 Å². The van der Waals surface area contributed by atoms with Crippen molar-refractivity contribution in [2.75, 3.05) is 18.5 Å². The number of rotatable bonds is 5. The lowest BCUT2D eigenvalue weighted by Gasteiger charge is -2.08. The molecular weight excluding hydrogens is 186 g/mol. The summed E-state index contributed by atoms with van der Waals surface area (Å²) in [4.78, 5) is 0. The Bertz CT molecular complexity index is 251. The van der Waals surface area contributed by atoms with Crippen LogP contribution in [0, 0.1) is 12.8 Å². The standard InChI is InChI=1S/C8H15N3OS/c1-6(3-4-12)5-9-8-11-10-7(2)13-8/h6,12H,3-5H2,1-2H3,(H,9,11). The first-order valence-electron chi connectivity index (χ1n) is 4.37. The number of aliphatic hydroxyl groups excluding tert-OH is 1. The molecule has 1 aromatic rings. The third-order valence-electron chi connectivity index (χ3n) is 1.75. The van der Waals surface area contributed by atoms with Crippen molar-refractivity contribution in [2.45, 2.75) is 20.3 Å². The first-order valence-corrected chi connectivity index (χ1v) is 5.19. The van der Waals surface area contributed by atoms with E-state index in [1.807, 2.05) is 6.92 Å². The summed E-state index contributed by atoms with van der Waals surface area (Å²) < 4.78 is 0. The van der Waals surface area contributed by atoms with E-state index in [1.54, 1.807) is 11.3 Å². The molecule has 0 aliphatic carbocycles. The summed E-state index contributed by atoms with van der Waals surface area (Å²) in [7, 11) is 0. The van der Waals surface area contributed by atoms with Crippen molar-refractivity contribution in [1.29, 1.82) is 0 Å². The van der Waals surface area contributed by atoms with E-state index < -0.39 is 0 Å². The monoisotopic (exact) mass is 201 g/mol. The lowest BCUT2D eigenvalue weighted by atomic mass is 10.1. The maximum absolute atomic E-state index is 8.68. The number of nitrogens with one attached hydrogen (secondary N) is 1. The minimum atomic E-state index is 0.248. The summed E-state index contributed by atoms with van der Waals surface area (Å²) in [5.74, 6) is 0.467. The van der Waals surface area contributed by atoms with Crippen LogP contribution < -0.4 is 5.32 Å². The summed E-state index contributed by atoms with van der Waals surface area (Å²) >= 11 is 1.55. The summed E-state index contributed by atoms with van der Waals surface area (Å²) in [5, 5.41) is 21.5. The second-order valence-corrected chi connectivity index (χ2v) is 4.31. The van der Waals surface area contributed by atoms with E-state index in [2.05, 4.69) is 22.4 Å². The average Bonchev–Trinajstić information content (AvgIpc) is 2.49. The topological polar surface area (TPSA) is 58.0 Å². The first kappa shape index (κ1) is 10.4. The van der Waals surface area contributed by atoms with E-state index in [0.717, 1.165) is 23.1 Å². The molecule has 0 radical (unpaired) electrons. The molecule has 0 bridgehead atoms. The zero-order valence-electron chi connectivity index (χ0n) is 7.95. The fraction of sp³-hybridized carbons (Fsp3) is 0.750. The van der Waals surface area contributed by atoms with E-state index in [9.17, 15) is 0 Å². The summed E-state index contributed by atoms with van der Waals surface area (Å²) in [6.07, 6.45) is 0.824. The molecule has 0 fully saturated rings. The SMILES string of the molecule is Cc1nnc(NCC(C)CCO)s1. The predicted octanol–water partition coefficient (Wildman–Crippen LogP) is 1.28. The Kier molecular flexibility index (Phi) is 4.11. The predicted molar refractivity (Wildman–Crippen MR) is 54.0 cm³/mol. The lowest BCUT2D eigenvalue weighted by Crippen LogP contribution is -2.12. The smallest absolute Gasteiger partial charge is 0.205 e. The molecule has 1 rings (SSSR count). The number of anilines is 1.